The van der Waals surface area contributed by atoms with Crippen LogP contribution in [0.1, 0.15) is 49.9 Å². The van der Waals surface area contributed by atoms with Crippen LogP contribution in [-0.2, 0) is 4.79 Å². The first kappa shape index (κ1) is 18.5. The summed E-state index contributed by atoms with van der Waals surface area (Å²) in [6.45, 7) is 5.04. The fourth-order valence-corrected chi connectivity index (χ4v) is 3.38. The van der Waals surface area contributed by atoms with Gasteiger partial charge in [-0.2, -0.15) is 0 Å². The van der Waals surface area contributed by atoms with Crippen molar-refractivity contribution in [3.63, 3.8) is 0 Å². The van der Waals surface area contributed by atoms with Gasteiger partial charge in [0.2, 0.25) is 5.91 Å². The summed E-state index contributed by atoms with van der Waals surface area (Å²) in [5, 5.41) is 3.07. The molecule has 2 fully saturated rings. The molecule has 1 aromatic carbocycles. The predicted molar refractivity (Wildman–Crippen MR) is 98.6 cm³/mol. The van der Waals surface area contributed by atoms with Gasteiger partial charge in [0, 0.05) is 44.5 Å². The van der Waals surface area contributed by atoms with E-state index >= 15 is 0 Å². The van der Waals surface area contributed by atoms with Crippen LogP contribution < -0.4 is 14.8 Å². The summed E-state index contributed by atoms with van der Waals surface area (Å²) >= 11 is 0. The zero-order chi connectivity index (χ0) is 18.7. The first-order chi connectivity index (χ1) is 12.5. The van der Waals surface area contributed by atoms with Crippen molar-refractivity contribution in [2.24, 2.45) is 5.92 Å². The van der Waals surface area contributed by atoms with Crippen LogP contribution in [0.2, 0.25) is 0 Å². The highest BCUT2D eigenvalue weighted by Gasteiger charge is 2.29. The van der Waals surface area contributed by atoms with Crippen LogP contribution in [0.25, 0.3) is 0 Å². The normalized spacial score (nSPS) is 19.0. The summed E-state index contributed by atoms with van der Waals surface area (Å²) in [6.07, 6.45) is 3.95. The Bertz CT molecular complexity index is 664. The lowest BCUT2D eigenvalue weighted by Gasteiger charge is -2.31. The number of hydrogen-bond donors (Lipinski definition) is 1. The molecule has 1 saturated carbocycles. The topological polar surface area (TPSA) is 67.9 Å². The van der Waals surface area contributed by atoms with E-state index in [1.165, 1.54) is 12.8 Å². The number of piperidine rings is 1. The van der Waals surface area contributed by atoms with Gasteiger partial charge in [-0.1, -0.05) is 0 Å². The van der Waals surface area contributed by atoms with Crippen molar-refractivity contribution in [3.8, 4) is 11.5 Å². The summed E-state index contributed by atoms with van der Waals surface area (Å²) < 4.78 is 11.5. The molecule has 2 aliphatic rings. The molecule has 1 aliphatic heterocycles. The molecule has 1 N–H and O–H groups in total. The highest BCUT2D eigenvalue weighted by Crippen LogP contribution is 2.33. The van der Waals surface area contributed by atoms with Gasteiger partial charge >= 0.3 is 0 Å². The molecule has 26 heavy (non-hydrogen) atoms. The number of likely N-dealkylation sites (tertiary alicyclic amines) is 1. The molecule has 1 aliphatic carbocycles. The zero-order valence-electron chi connectivity index (χ0n) is 15.8. The lowest BCUT2D eigenvalue weighted by atomic mass is 10.1. The zero-order valence-corrected chi connectivity index (χ0v) is 15.8. The lowest BCUT2D eigenvalue weighted by Crippen LogP contribution is -2.40. The van der Waals surface area contributed by atoms with Gasteiger partial charge in [-0.25, -0.2) is 0 Å². The Balaban J connectivity index is 1.65. The second-order valence-corrected chi connectivity index (χ2v) is 7.29. The number of ether oxygens (including phenoxy) is 2. The van der Waals surface area contributed by atoms with Gasteiger partial charge in [-0.15, -0.1) is 0 Å². The molecule has 6 nitrogen and oxygen atoms in total. The number of benzene rings is 1. The van der Waals surface area contributed by atoms with E-state index < -0.39 is 0 Å². The molecule has 0 aromatic heterocycles. The predicted octanol–water partition coefficient (Wildman–Crippen LogP) is 2.61. The maximum Gasteiger partial charge on any atom is 0.251 e. The smallest absolute Gasteiger partial charge is 0.251 e. The van der Waals surface area contributed by atoms with Gasteiger partial charge in [0.05, 0.1) is 7.11 Å². The second-order valence-electron chi connectivity index (χ2n) is 7.29. The molecular formula is C20H28N2O4. The third kappa shape index (κ3) is 4.48. The molecule has 2 amide bonds. The Morgan fingerprint density at radius 3 is 2.42 bits per heavy atom. The molecule has 1 aromatic rings. The maximum atomic E-state index is 12.5. The van der Waals surface area contributed by atoms with E-state index in [2.05, 4.69) is 12.2 Å². The quantitative estimate of drug-likeness (QED) is 0.847. The molecule has 3 rings (SSSR count). The Morgan fingerprint density at radius 1 is 1.15 bits per heavy atom. The van der Waals surface area contributed by atoms with Gasteiger partial charge in [-0.3, -0.25) is 9.59 Å². The van der Waals surface area contributed by atoms with Crippen molar-refractivity contribution >= 4 is 11.8 Å². The van der Waals surface area contributed by atoms with E-state index in [9.17, 15) is 9.59 Å². The SMILES string of the molecule is COc1ccc(C(=O)NC(C)C2CC2)cc1OC1CCN(C(C)=O)CC1. The van der Waals surface area contributed by atoms with E-state index in [-0.39, 0.29) is 24.0 Å². The van der Waals surface area contributed by atoms with E-state index in [1.54, 1.807) is 32.2 Å². The average molecular weight is 360 g/mol. The summed E-state index contributed by atoms with van der Waals surface area (Å²) in [5.41, 5.74) is 0.578. The summed E-state index contributed by atoms with van der Waals surface area (Å²) in [4.78, 5) is 25.8. The summed E-state index contributed by atoms with van der Waals surface area (Å²) in [7, 11) is 1.59. The molecular weight excluding hydrogens is 332 g/mol. The number of methoxy groups -OCH3 is 1. The Kier molecular flexibility index (Phi) is 5.69. The molecule has 1 atom stereocenters. The van der Waals surface area contributed by atoms with E-state index in [1.807, 2.05) is 4.90 Å². The third-order valence-corrected chi connectivity index (χ3v) is 5.29. The first-order valence-electron chi connectivity index (χ1n) is 9.39. The number of carbonyl (C=O) groups is 2. The molecule has 0 bridgehead atoms. The van der Waals surface area contributed by atoms with Gasteiger partial charge in [0.25, 0.3) is 5.91 Å². The average Bonchev–Trinajstić information content (AvgIpc) is 3.47. The van der Waals surface area contributed by atoms with Crippen molar-refractivity contribution in [2.75, 3.05) is 20.2 Å². The number of amides is 2. The van der Waals surface area contributed by atoms with Crippen LogP contribution >= 0.6 is 0 Å². The van der Waals surface area contributed by atoms with Gasteiger partial charge in [0.1, 0.15) is 6.10 Å². The minimum atomic E-state index is -0.0803. The number of rotatable bonds is 6. The van der Waals surface area contributed by atoms with Gasteiger partial charge < -0.3 is 19.7 Å². The van der Waals surface area contributed by atoms with Crippen LogP contribution in [0.5, 0.6) is 11.5 Å². The maximum absolute atomic E-state index is 12.5. The van der Waals surface area contributed by atoms with Crippen LogP contribution in [0, 0.1) is 5.92 Å². The summed E-state index contributed by atoms with van der Waals surface area (Å²) in [5.74, 6) is 1.83. The summed E-state index contributed by atoms with van der Waals surface area (Å²) in [6, 6.07) is 5.49. The number of hydrogen-bond acceptors (Lipinski definition) is 4. The van der Waals surface area contributed by atoms with Crippen molar-refractivity contribution < 1.29 is 19.1 Å². The Hall–Kier alpha value is -2.24. The van der Waals surface area contributed by atoms with E-state index in [0.717, 1.165) is 12.8 Å². The third-order valence-electron chi connectivity index (χ3n) is 5.29. The van der Waals surface area contributed by atoms with E-state index in [4.69, 9.17) is 9.47 Å². The first-order valence-corrected chi connectivity index (χ1v) is 9.39. The Labute approximate surface area is 154 Å². The minimum Gasteiger partial charge on any atom is -0.493 e. The van der Waals surface area contributed by atoms with Crippen LogP contribution in [-0.4, -0.2) is 49.1 Å². The van der Waals surface area contributed by atoms with Gasteiger partial charge in [-0.05, 0) is 43.9 Å². The number of nitrogens with one attached hydrogen (secondary N) is 1. The molecule has 142 valence electrons. The van der Waals surface area contributed by atoms with Crippen molar-refractivity contribution in [1.29, 1.82) is 0 Å². The number of carbonyl (C=O) groups excluding carboxylic acids is 2. The fraction of sp³-hybridized carbons (Fsp3) is 0.600. The molecule has 0 radical (unpaired) electrons. The largest absolute Gasteiger partial charge is 0.493 e. The molecule has 1 heterocycles. The fourth-order valence-electron chi connectivity index (χ4n) is 3.38. The molecule has 1 unspecified atom stereocenters. The monoisotopic (exact) mass is 360 g/mol. The van der Waals surface area contributed by atoms with Crippen LogP contribution in [0.4, 0.5) is 0 Å². The standard InChI is InChI=1S/C20H28N2O4/c1-13(15-4-5-15)21-20(24)16-6-7-18(25-3)19(12-16)26-17-8-10-22(11-9-17)14(2)23/h6-7,12-13,15,17H,4-5,8-11H2,1-3H3,(H,21,24). The van der Waals surface area contributed by atoms with Gasteiger partial charge in [0.15, 0.2) is 11.5 Å². The highest BCUT2D eigenvalue weighted by molar-refractivity contribution is 5.95. The van der Waals surface area contributed by atoms with E-state index in [0.29, 0.717) is 36.1 Å². The molecule has 0 spiro atoms. The Morgan fingerprint density at radius 2 is 1.85 bits per heavy atom. The van der Waals surface area contributed by atoms with Crippen molar-refractivity contribution in [1.82, 2.24) is 10.2 Å². The van der Waals surface area contributed by atoms with Crippen LogP contribution in [0.15, 0.2) is 18.2 Å². The molecule has 1 saturated heterocycles. The van der Waals surface area contributed by atoms with Crippen molar-refractivity contribution in [3.05, 3.63) is 23.8 Å². The highest BCUT2D eigenvalue weighted by atomic mass is 16.5. The minimum absolute atomic E-state index is 0.0169. The molecule has 6 heteroatoms. The second kappa shape index (κ2) is 7.98. The number of nitrogens with zero attached hydrogens (tertiary/aromatic N) is 1. The lowest BCUT2D eigenvalue weighted by molar-refractivity contribution is -0.130. The van der Waals surface area contributed by atoms with Crippen LogP contribution in [0.3, 0.4) is 0 Å². The van der Waals surface area contributed by atoms with Crippen molar-refractivity contribution in [2.45, 2.75) is 51.7 Å².